The first-order chi connectivity index (χ1) is 9.47. The summed E-state index contributed by atoms with van der Waals surface area (Å²) in [6.45, 7) is 8.34. The molecule has 2 heterocycles. The van der Waals surface area contributed by atoms with E-state index >= 15 is 0 Å². The number of rotatable bonds is 4. The van der Waals surface area contributed by atoms with E-state index in [9.17, 15) is 4.79 Å². The van der Waals surface area contributed by atoms with Crippen molar-refractivity contribution in [3.63, 3.8) is 0 Å². The molecule has 0 saturated heterocycles. The van der Waals surface area contributed by atoms with Gasteiger partial charge in [-0.25, -0.2) is 14.3 Å². The van der Waals surface area contributed by atoms with Crippen LogP contribution < -0.4 is 0 Å². The monoisotopic (exact) mass is 339 g/mol. The molecule has 0 atom stereocenters. The zero-order chi connectivity index (χ0) is 14.9. The van der Waals surface area contributed by atoms with Crippen molar-refractivity contribution < 1.29 is 9.53 Å². The van der Waals surface area contributed by atoms with E-state index in [0.29, 0.717) is 17.8 Å². The fraction of sp³-hybridized carbons (Fsp3) is 0.500. The summed E-state index contributed by atoms with van der Waals surface area (Å²) in [7, 11) is 0. The minimum Gasteiger partial charge on any atom is -0.462 e. The summed E-state index contributed by atoms with van der Waals surface area (Å²) in [6.07, 6.45) is 2.36. The molecule has 108 valence electrons. The Labute approximate surface area is 126 Å². The summed E-state index contributed by atoms with van der Waals surface area (Å²) in [4.78, 5) is 16.7. The molecule has 0 fully saturated rings. The Balaban J connectivity index is 2.61. The Morgan fingerprint density at radius 2 is 2.20 bits per heavy atom. The van der Waals surface area contributed by atoms with Crippen LogP contribution in [0.5, 0.6) is 0 Å². The first-order valence-corrected chi connectivity index (χ1v) is 7.47. The standard InChI is InChI=1S/C14H18BrN3O2/c1-5-6-20-14(19)10-7-16-18-12(15)9(4)17-13(18)11(10)8(2)3/h7-8H,5-6H2,1-4H3. The minimum absolute atomic E-state index is 0.151. The van der Waals surface area contributed by atoms with Crippen molar-refractivity contribution in [2.24, 2.45) is 0 Å². The van der Waals surface area contributed by atoms with Gasteiger partial charge in [0.2, 0.25) is 0 Å². The number of carbonyl (C=O) groups is 1. The number of ether oxygens (including phenoxy) is 1. The molecule has 0 amide bonds. The largest absolute Gasteiger partial charge is 0.462 e. The van der Waals surface area contributed by atoms with Crippen molar-refractivity contribution in [2.45, 2.75) is 40.0 Å². The molecule has 0 aromatic carbocycles. The normalized spacial score (nSPS) is 11.3. The third kappa shape index (κ3) is 2.57. The van der Waals surface area contributed by atoms with Gasteiger partial charge in [0.15, 0.2) is 5.65 Å². The van der Waals surface area contributed by atoms with Gasteiger partial charge in [-0.2, -0.15) is 5.10 Å². The number of aromatic nitrogens is 3. The van der Waals surface area contributed by atoms with Gasteiger partial charge in [-0.05, 0) is 35.2 Å². The predicted octanol–water partition coefficient (Wildman–Crippen LogP) is 3.49. The third-order valence-corrected chi connectivity index (χ3v) is 3.94. The summed E-state index contributed by atoms with van der Waals surface area (Å²) in [6, 6.07) is 0. The fourth-order valence-electron chi connectivity index (χ4n) is 2.09. The molecule has 0 aliphatic rings. The number of esters is 1. The summed E-state index contributed by atoms with van der Waals surface area (Å²) in [5.41, 5.74) is 2.92. The summed E-state index contributed by atoms with van der Waals surface area (Å²) in [5.74, 6) is -0.180. The lowest BCUT2D eigenvalue weighted by Crippen LogP contribution is -2.13. The van der Waals surface area contributed by atoms with Crippen LogP contribution in [-0.2, 0) is 4.74 Å². The van der Waals surface area contributed by atoms with E-state index in [-0.39, 0.29) is 11.9 Å². The van der Waals surface area contributed by atoms with Gasteiger partial charge < -0.3 is 4.74 Å². The fourth-order valence-corrected chi connectivity index (χ4v) is 2.44. The molecule has 6 heteroatoms. The second kappa shape index (κ2) is 5.91. The van der Waals surface area contributed by atoms with Crippen molar-refractivity contribution >= 4 is 27.5 Å². The minimum atomic E-state index is -0.331. The Hall–Kier alpha value is -1.43. The molecule has 2 rings (SSSR count). The number of hydrogen-bond acceptors (Lipinski definition) is 4. The molecule has 2 aromatic rings. The second-order valence-electron chi connectivity index (χ2n) is 4.99. The molecular formula is C14H18BrN3O2. The molecule has 0 unspecified atom stereocenters. The molecule has 0 saturated carbocycles. The van der Waals surface area contributed by atoms with Crippen LogP contribution in [0.3, 0.4) is 0 Å². The highest BCUT2D eigenvalue weighted by molar-refractivity contribution is 9.10. The van der Waals surface area contributed by atoms with Gasteiger partial charge in [0.1, 0.15) is 4.60 Å². The number of nitrogens with zero attached hydrogens (tertiary/aromatic N) is 3. The molecule has 0 spiro atoms. The average molecular weight is 340 g/mol. The van der Waals surface area contributed by atoms with E-state index in [4.69, 9.17) is 4.74 Å². The molecule has 0 radical (unpaired) electrons. The maximum Gasteiger partial charge on any atom is 0.340 e. The first-order valence-electron chi connectivity index (χ1n) is 6.68. The second-order valence-corrected chi connectivity index (χ2v) is 5.74. The highest BCUT2D eigenvalue weighted by atomic mass is 79.9. The van der Waals surface area contributed by atoms with Crippen LogP contribution in [0.4, 0.5) is 0 Å². The van der Waals surface area contributed by atoms with Gasteiger partial charge in [-0.1, -0.05) is 20.8 Å². The van der Waals surface area contributed by atoms with Crippen molar-refractivity contribution in [3.8, 4) is 0 Å². The Morgan fingerprint density at radius 1 is 1.50 bits per heavy atom. The topological polar surface area (TPSA) is 56.5 Å². The predicted molar refractivity (Wildman–Crippen MR) is 80.1 cm³/mol. The van der Waals surface area contributed by atoms with Gasteiger partial charge in [0, 0.05) is 5.56 Å². The number of imidazole rings is 1. The van der Waals surface area contributed by atoms with Gasteiger partial charge in [-0.15, -0.1) is 0 Å². The van der Waals surface area contributed by atoms with E-state index in [1.165, 1.54) is 0 Å². The van der Waals surface area contributed by atoms with Gasteiger partial charge in [0.25, 0.3) is 0 Å². The molecule has 2 aromatic heterocycles. The Bertz CT molecular complexity index is 649. The summed E-state index contributed by atoms with van der Waals surface area (Å²) >= 11 is 3.46. The Kier molecular flexibility index (Phi) is 4.42. The van der Waals surface area contributed by atoms with E-state index in [2.05, 4.69) is 26.0 Å². The average Bonchev–Trinajstić information content (AvgIpc) is 2.70. The molecule has 0 aliphatic heterocycles. The third-order valence-electron chi connectivity index (χ3n) is 3.03. The van der Waals surface area contributed by atoms with Crippen molar-refractivity contribution in [1.29, 1.82) is 0 Å². The van der Waals surface area contributed by atoms with Crippen LogP contribution in [0, 0.1) is 6.92 Å². The van der Waals surface area contributed by atoms with E-state index in [1.54, 1.807) is 10.7 Å². The van der Waals surface area contributed by atoms with Gasteiger partial charge in [0.05, 0.1) is 24.1 Å². The zero-order valence-electron chi connectivity index (χ0n) is 12.1. The maximum absolute atomic E-state index is 12.2. The highest BCUT2D eigenvalue weighted by Crippen LogP contribution is 2.27. The summed E-state index contributed by atoms with van der Waals surface area (Å²) in [5, 5.41) is 4.28. The lowest BCUT2D eigenvalue weighted by atomic mass is 10.00. The number of carbonyl (C=O) groups excluding carboxylic acids is 1. The van der Waals surface area contributed by atoms with Crippen LogP contribution in [0.25, 0.3) is 5.65 Å². The van der Waals surface area contributed by atoms with E-state index in [1.807, 2.05) is 27.7 Å². The lowest BCUT2D eigenvalue weighted by Gasteiger charge is -2.12. The molecule has 0 bridgehead atoms. The highest BCUT2D eigenvalue weighted by Gasteiger charge is 2.22. The van der Waals surface area contributed by atoms with Gasteiger partial charge in [-0.3, -0.25) is 0 Å². The molecule has 20 heavy (non-hydrogen) atoms. The number of halogens is 1. The SMILES string of the molecule is CCCOC(=O)c1cnn2c(Br)c(C)nc2c1C(C)C. The number of fused-ring (bicyclic) bond motifs is 1. The van der Waals surface area contributed by atoms with Crippen LogP contribution in [0.1, 0.15) is 54.7 Å². The number of hydrogen-bond donors (Lipinski definition) is 0. The zero-order valence-corrected chi connectivity index (χ0v) is 13.7. The quantitative estimate of drug-likeness (QED) is 0.800. The summed E-state index contributed by atoms with van der Waals surface area (Å²) < 4.78 is 7.74. The van der Waals surface area contributed by atoms with Gasteiger partial charge >= 0.3 is 5.97 Å². The first kappa shape index (κ1) is 15.0. The number of aryl methyl sites for hydroxylation is 1. The Morgan fingerprint density at radius 3 is 2.80 bits per heavy atom. The molecule has 5 nitrogen and oxygen atoms in total. The van der Waals surface area contributed by atoms with E-state index < -0.39 is 0 Å². The molecule has 0 aliphatic carbocycles. The van der Waals surface area contributed by atoms with Crippen molar-refractivity contribution in [3.05, 3.63) is 27.6 Å². The maximum atomic E-state index is 12.2. The van der Waals surface area contributed by atoms with Crippen LogP contribution in [0.15, 0.2) is 10.8 Å². The van der Waals surface area contributed by atoms with E-state index in [0.717, 1.165) is 22.3 Å². The smallest absolute Gasteiger partial charge is 0.340 e. The van der Waals surface area contributed by atoms with Crippen molar-refractivity contribution in [1.82, 2.24) is 14.6 Å². The van der Waals surface area contributed by atoms with Crippen LogP contribution in [0.2, 0.25) is 0 Å². The van der Waals surface area contributed by atoms with Crippen LogP contribution >= 0.6 is 15.9 Å². The van der Waals surface area contributed by atoms with Crippen LogP contribution in [-0.4, -0.2) is 27.2 Å². The molecule has 0 N–H and O–H groups in total. The lowest BCUT2D eigenvalue weighted by molar-refractivity contribution is 0.0502. The van der Waals surface area contributed by atoms with Crippen molar-refractivity contribution in [2.75, 3.05) is 6.61 Å². The molecular weight excluding hydrogens is 322 g/mol.